The Hall–Kier alpha value is -2.83. The highest BCUT2D eigenvalue weighted by Gasteiger charge is 2.32. The van der Waals surface area contributed by atoms with Gasteiger partial charge < -0.3 is 19.7 Å². The van der Waals surface area contributed by atoms with Gasteiger partial charge >= 0.3 is 0 Å². The monoisotopic (exact) mass is 340 g/mol. The zero-order chi connectivity index (χ0) is 17.4. The van der Waals surface area contributed by atoms with E-state index in [4.69, 9.17) is 9.47 Å². The Morgan fingerprint density at radius 2 is 2.08 bits per heavy atom. The second-order valence-corrected chi connectivity index (χ2v) is 6.20. The van der Waals surface area contributed by atoms with Crippen LogP contribution in [0.3, 0.4) is 0 Å². The van der Waals surface area contributed by atoms with Gasteiger partial charge in [0.2, 0.25) is 6.79 Å². The summed E-state index contributed by atoms with van der Waals surface area (Å²) in [6.07, 6.45) is 1.86. The van der Waals surface area contributed by atoms with Crippen molar-refractivity contribution in [1.82, 2.24) is 14.9 Å². The first-order valence-electron chi connectivity index (χ1n) is 8.39. The smallest absolute Gasteiger partial charge is 0.254 e. The highest BCUT2D eigenvalue weighted by Crippen LogP contribution is 2.36. The topological polar surface area (TPSA) is 76.6 Å². The average Bonchev–Trinajstić information content (AvgIpc) is 3.28. The van der Waals surface area contributed by atoms with Gasteiger partial charge in [0.15, 0.2) is 11.5 Å². The molecule has 130 valence electrons. The van der Waals surface area contributed by atoms with Crippen LogP contribution in [-0.4, -0.2) is 41.2 Å². The molecule has 25 heavy (non-hydrogen) atoms. The molecule has 0 bridgehead atoms. The van der Waals surface area contributed by atoms with Gasteiger partial charge in [-0.3, -0.25) is 4.79 Å². The first-order valence-corrected chi connectivity index (χ1v) is 8.39. The molecule has 0 radical (unpaired) electrons. The Balaban J connectivity index is 1.63. The van der Waals surface area contributed by atoms with E-state index in [0.717, 1.165) is 30.9 Å². The van der Waals surface area contributed by atoms with Gasteiger partial charge in [-0.15, -0.1) is 0 Å². The number of fused-ring (bicyclic) bond motifs is 1. The van der Waals surface area contributed by atoms with Crippen LogP contribution in [0.15, 0.2) is 24.3 Å². The van der Waals surface area contributed by atoms with Crippen LogP contribution in [0.5, 0.6) is 11.5 Å². The van der Waals surface area contributed by atoms with E-state index < -0.39 is 0 Å². The van der Waals surface area contributed by atoms with E-state index in [1.54, 1.807) is 18.2 Å². The van der Waals surface area contributed by atoms with Crippen LogP contribution in [0.1, 0.15) is 40.8 Å². The standard InChI is InChI=1S/C18H20N4O3/c1-11-20-13(9-17(19-2)21-11)14-4-3-7-22(14)18(23)12-5-6-15-16(8-12)25-10-24-15/h5-6,8-9,14H,3-4,7,10H2,1-2H3,(H,19,20,21)/t14-/m1/s1. The molecular weight excluding hydrogens is 320 g/mol. The number of anilines is 1. The molecule has 7 nitrogen and oxygen atoms in total. The van der Waals surface area contributed by atoms with Crippen molar-refractivity contribution in [2.24, 2.45) is 0 Å². The van der Waals surface area contributed by atoms with E-state index in [-0.39, 0.29) is 18.7 Å². The van der Waals surface area contributed by atoms with Crippen LogP contribution < -0.4 is 14.8 Å². The van der Waals surface area contributed by atoms with Crippen molar-refractivity contribution in [3.05, 3.63) is 41.3 Å². The number of aromatic nitrogens is 2. The zero-order valence-corrected chi connectivity index (χ0v) is 14.3. The minimum atomic E-state index is -0.0354. The van der Waals surface area contributed by atoms with Crippen molar-refractivity contribution < 1.29 is 14.3 Å². The quantitative estimate of drug-likeness (QED) is 0.925. The lowest BCUT2D eigenvalue weighted by Crippen LogP contribution is -2.31. The van der Waals surface area contributed by atoms with Gasteiger partial charge in [-0.05, 0) is 38.0 Å². The molecule has 0 saturated carbocycles. The lowest BCUT2D eigenvalue weighted by Gasteiger charge is -2.25. The summed E-state index contributed by atoms with van der Waals surface area (Å²) in [4.78, 5) is 23.8. The second kappa shape index (κ2) is 6.23. The molecule has 1 atom stereocenters. The number of rotatable bonds is 3. The van der Waals surface area contributed by atoms with E-state index in [1.807, 2.05) is 24.9 Å². The normalized spacial score (nSPS) is 18.5. The molecule has 1 aromatic heterocycles. The number of benzene rings is 1. The highest BCUT2D eigenvalue weighted by atomic mass is 16.7. The molecule has 0 spiro atoms. The molecule has 4 rings (SSSR count). The van der Waals surface area contributed by atoms with Crippen molar-refractivity contribution in [2.45, 2.75) is 25.8 Å². The molecule has 1 aromatic carbocycles. The van der Waals surface area contributed by atoms with Gasteiger partial charge in [0, 0.05) is 25.2 Å². The minimum Gasteiger partial charge on any atom is -0.454 e. The minimum absolute atomic E-state index is 0.0110. The number of amides is 1. The first kappa shape index (κ1) is 15.7. The molecule has 2 aliphatic rings. The van der Waals surface area contributed by atoms with Crippen LogP contribution in [0.25, 0.3) is 0 Å². The Morgan fingerprint density at radius 1 is 1.24 bits per heavy atom. The maximum atomic E-state index is 13.0. The molecule has 0 aliphatic carbocycles. The second-order valence-electron chi connectivity index (χ2n) is 6.20. The average molecular weight is 340 g/mol. The predicted octanol–water partition coefficient (Wildman–Crippen LogP) is 2.53. The number of nitrogens with one attached hydrogen (secondary N) is 1. The summed E-state index contributed by atoms with van der Waals surface area (Å²) >= 11 is 0. The molecule has 1 N–H and O–H groups in total. The molecule has 1 fully saturated rings. The fourth-order valence-corrected chi connectivity index (χ4v) is 3.40. The van der Waals surface area contributed by atoms with E-state index in [9.17, 15) is 4.79 Å². The molecule has 7 heteroatoms. The van der Waals surface area contributed by atoms with Crippen LogP contribution in [0.2, 0.25) is 0 Å². The Bertz CT molecular complexity index is 824. The largest absolute Gasteiger partial charge is 0.454 e. The van der Waals surface area contributed by atoms with Crippen LogP contribution in [-0.2, 0) is 0 Å². The lowest BCUT2D eigenvalue weighted by atomic mass is 10.1. The maximum absolute atomic E-state index is 13.0. The summed E-state index contributed by atoms with van der Waals surface area (Å²) in [5, 5.41) is 3.05. The van der Waals surface area contributed by atoms with E-state index in [1.165, 1.54) is 0 Å². The van der Waals surface area contributed by atoms with Crippen LogP contribution in [0, 0.1) is 6.92 Å². The van der Waals surface area contributed by atoms with Gasteiger partial charge in [0.1, 0.15) is 11.6 Å². The lowest BCUT2D eigenvalue weighted by molar-refractivity contribution is 0.0732. The molecule has 0 unspecified atom stereocenters. The highest BCUT2D eigenvalue weighted by molar-refractivity contribution is 5.95. The number of aryl methyl sites for hydroxylation is 1. The van der Waals surface area contributed by atoms with E-state index in [0.29, 0.717) is 22.9 Å². The van der Waals surface area contributed by atoms with Crippen LogP contribution >= 0.6 is 0 Å². The summed E-state index contributed by atoms with van der Waals surface area (Å²) in [6, 6.07) is 7.21. The number of ether oxygens (including phenoxy) is 2. The number of nitrogens with zero attached hydrogens (tertiary/aromatic N) is 3. The molecule has 1 amide bonds. The Morgan fingerprint density at radius 3 is 2.92 bits per heavy atom. The third-order valence-electron chi connectivity index (χ3n) is 4.59. The summed E-state index contributed by atoms with van der Waals surface area (Å²) in [7, 11) is 1.83. The van der Waals surface area contributed by atoms with Gasteiger partial charge in [-0.1, -0.05) is 0 Å². The molecular formula is C18H20N4O3. The number of carbonyl (C=O) groups is 1. The molecule has 2 aliphatic heterocycles. The number of likely N-dealkylation sites (tertiary alicyclic amines) is 1. The Kier molecular flexibility index (Phi) is 3.91. The molecule has 1 saturated heterocycles. The van der Waals surface area contributed by atoms with Crippen molar-refractivity contribution >= 4 is 11.7 Å². The van der Waals surface area contributed by atoms with Crippen LogP contribution in [0.4, 0.5) is 5.82 Å². The third-order valence-corrected chi connectivity index (χ3v) is 4.59. The first-order chi connectivity index (χ1) is 12.2. The fourth-order valence-electron chi connectivity index (χ4n) is 3.40. The molecule has 3 heterocycles. The number of hydrogen-bond acceptors (Lipinski definition) is 6. The SMILES string of the molecule is CNc1cc([C@H]2CCCN2C(=O)c2ccc3c(c2)OCO3)nc(C)n1. The summed E-state index contributed by atoms with van der Waals surface area (Å²) < 4.78 is 10.7. The number of carbonyl (C=O) groups excluding carboxylic acids is 1. The fraction of sp³-hybridized carbons (Fsp3) is 0.389. The van der Waals surface area contributed by atoms with E-state index >= 15 is 0 Å². The van der Waals surface area contributed by atoms with Crippen molar-refractivity contribution in [2.75, 3.05) is 25.7 Å². The Labute approximate surface area is 146 Å². The summed E-state index contributed by atoms with van der Waals surface area (Å²) in [5.74, 6) is 2.76. The zero-order valence-electron chi connectivity index (χ0n) is 14.3. The van der Waals surface area contributed by atoms with Gasteiger partial charge in [-0.2, -0.15) is 0 Å². The van der Waals surface area contributed by atoms with Gasteiger partial charge in [-0.25, -0.2) is 9.97 Å². The van der Waals surface area contributed by atoms with Crippen molar-refractivity contribution in [3.8, 4) is 11.5 Å². The van der Waals surface area contributed by atoms with Crippen molar-refractivity contribution in [1.29, 1.82) is 0 Å². The number of hydrogen-bond donors (Lipinski definition) is 1. The summed E-state index contributed by atoms with van der Waals surface area (Å²) in [5.41, 5.74) is 1.49. The maximum Gasteiger partial charge on any atom is 0.254 e. The third kappa shape index (κ3) is 2.86. The van der Waals surface area contributed by atoms with E-state index in [2.05, 4.69) is 15.3 Å². The predicted molar refractivity (Wildman–Crippen MR) is 91.9 cm³/mol. The summed E-state index contributed by atoms with van der Waals surface area (Å²) in [6.45, 7) is 2.78. The van der Waals surface area contributed by atoms with Gasteiger partial charge in [0.05, 0.1) is 11.7 Å². The van der Waals surface area contributed by atoms with Gasteiger partial charge in [0.25, 0.3) is 5.91 Å². The molecule has 2 aromatic rings. The van der Waals surface area contributed by atoms with Crippen molar-refractivity contribution in [3.63, 3.8) is 0 Å².